The summed E-state index contributed by atoms with van der Waals surface area (Å²) < 4.78 is 345. The van der Waals surface area contributed by atoms with Crippen molar-refractivity contribution in [2.24, 2.45) is 0 Å². The van der Waals surface area contributed by atoms with Gasteiger partial charge in [-0.25, -0.2) is 0 Å². The predicted octanol–water partition coefficient (Wildman–Crippen LogP) is 2.36. The van der Waals surface area contributed by atoms with E-state index in [0.29, 0.717) is 0 Å². The molecule has 0 aliphatic rings. The summed E-state index contributed by atoms with van der Waals surface area (Å²) in [7, 11) is -35.0. The molecule has 0 aromatic rings. The van der Waals surface area contributed by atoms with Gasteiger partial charge in [0, 0.05) is 21.1 Å². The van der Waals surface area contributed by atoms with Crippen molar-refractivity contribution < 1.29 is 178 Å². The average Bonchev–Trinajstić information content (AvgIpc) is 2.60. The van der Waals surface area contributed by atoms with Crippen LogP contribution in [0.2, 0.25) is 0 Å². The summed E-state index contributed by atoms with van der Waals surface area (Å²) in [5, 5.41) is 0. The number of halogens is 18. The van der Waals surface area contributed by atoms with Gasteiger partial charge in [0.2, 0.25) is 0 Å². The first-order valence-electron chi connectivity index (χ1n) is 7.72. The van der Waals surface area contributed by atoms with Crippen molar-refractivity contribution in [2.45, 2.75) is 33.0 Å². The number of rotatable bonds is 0. The van der Waals surface area contributed by atoms with Crippen LogP contribution in [0.25, 0.3) is 0 Å². The van der Waals surface area contributed by atoms with E-state index in [4.69, 9.17) is 77.8 Å². The molecule has 306 valence electrons. The van der Waals surface area contributed by atoms with Gasteiger partial charge in [-0.3, -0.25) is 27.3 Å². The van der Waals surface area contributed by atoms with Gasteiger partial charge in [-0.1, -0.05) is 0 Å². The van der Waals surface area contributed by atoms with Crippen LogP contribution in [0.5, 0.6) is 0 Å². The molecule has 0 saturated heterocycles. The molecule has 0 unspecified atom stereocenters. The Morgan fingerprint density at radius 3 is 0.245 bits per heavy atom. The molecular weight excluding hydrogens is 1080 g/mol. The molecule has 0 spiro atoms. The van der Waals surface area contributed by atoms with Gasteiger partial charge in [0.15, 0.2) is 0 Å². The second-order valence-electron chi connectivity index (χ2n) is 5.52. The second-order valence-corrected chi connectivity index (χ2v) is 14.0. The molecule has 0 aliphatic carbocycles. The van der Waals surface area contributed by atoms with Gasteiger partial charge < -0.3 is 0 Å². The average molecular weight is 1080 g/mol. The predicted molar refractivity (Wildman–Crippen MR) is 106 cm³/mol. The minimum absolute atomic E-state index is 0. The molecule has 49 heavy (non-hydrogen) atoms. The van der Waals surface area contributed by atoms with Gasteiger partial charge in [0.1, 0.15) is 0 Å². The molecule has 6 N–H and O–H groups in total. The largest absolute Gasteiger partial charge is 0.522 e. The molecule has 0 saturated carbocycles. The Labute approximate surface area is 271 Å². The van der Waals surface area contributed by atoms with E-state index in [2.05, 4.69) is 0 Å². The maximum atomic E-state index is 10.7. The molecule has 18 nitrogen and oxygen atoms in total. The molecule has 0 radical (unpaired) electrons. The first-order valence-corrected chi connectivity index (χ1v) is 16.4. The van der Waals surface area contributed by atoms with Gasteiger partial charge in [0.25, 0.3) is 0 Å². The maximum absolute atomic E-state index is 10.7. The van der Waals surface area contributed by atoms with Crippen LogP contribution in [0.1, 0.15) is 0 Å². The van der Waals surface area contributed by atoms with Crippen molar-refractivity contribution in [3.8, 4) is 0 Å². The summed E-state index contributed by atoms with van der Waals surface area (Å²) in [6.07, 6.45) is 0. The van der Waals surface area contributed by atoms with E-state index in [9.17, 15) is 79.0 Å². The quantitative estimate of drug-likeness (QED) is 0.115. The summed E-state index contributed by atoms with van der Waals surface area (Å²) in [4.78, 5) is 0. The van der Waals surface area contributed by atoms with Gasteiger partial charge in [0.05, 0.1) is 0 Å². The summed E-state index contributed by atoms with van der Waals surface area (Å²) in [6, 6.07) is 0. The van der Waals surface area contributed by atoms with Gasteiger partial charge in [-0.05, 0) is 0 Å². The molecule has 0 fully saturated rings. The summed E-state index contributed by atoms with van der Waals surface area (Å²) in [5.74, 6) is 0. The fraction of sp³-hybridized carbons (Fsp3) is 1.00. The third-order valence-electron chi connectivity index (χ3n) is 1.75. The topological polar surface area (TPSA) is 326 Å². The first kappa shape index (κ1) is 63.0. The zero-order valence-electron chi connectivity index (χ0n) is 20.2. The molecule has 43 heteroatoms. The first-order chi connectivity index (χ1) is 19.5. The van der Waals surface area contributed by atoms with E-state index in [1.807, 2.05) is 0 Å². The maximum Gasteiger partial charge on any atom is 0.522 e. The Kier molecular flexibility index (Phi) is 25.3. The van der Waals surface area contributed by atoms with Crippen LogP contribution in [0.15, 0.2) is 0 Å². The smallest absolute Gasteiger partial charge is 0.279 e. The fourth-order valence-electron chi connectivity index (χ4n) is 0. The van der Waals surface area contributed by atoms with Crippen LogP contribution in [-0.4, -0.2) is 111 Å². The molecule has 0 atom stereocenters. The Hall–Kier alpha value is -1.11. The molecule has 0 heterocycles. The molecule has 0 bridgehead atoms. The Morgan fingerprint density at radius 2 is 0.245 bits per heavy atom. The van der Waals surface area contributed by atoms with Crippen molar-refractivity contribution in [2.75, 3.05) is 0 Å². The van der Waals surface area contributed by atoms with Gasteiger partial charge in [-0.15, -0.1) is 0 Å². The van der Waals surface area contributed by atoms with Crippen molar-refractivity contribution in [3.05, 3.63) is 0 Å². The zero-order valence-corrected chi connectivity index (χ0v) is 28.1. The molecule has 0 aromatic heterocycles. The Morgan fingerprint density at radius 1 is 0.224 bits per heavy atom. The van der Waals surface area contributed by atoms with Crippen molar-refractivity contribution in [1.82, 2.24) is 0 Å². The van der Waals surface area contributed by atoms with Crippen molar-refractivity contribution in [1.29, 1.82) is 0 Å². The minimum atomic E-state index is -5.84. The summed E-state index contributed by atoms with van der Waals surface area (Å²) in [5.41, 5.74) is -33.2. The molecular formula is C6H6F18O18S6W. The van der Waals surface area contributed by atoms with Crippen LogP contribution in [0.3, 0.4) is 0 Å². The second kappa shape index (κ2) is 19.6. The normalized spacial score (nSPS) is 13.7. The van der Waals surface area contributed by atoms with E-state index in [1.54, 1.807) is 0 Å². The van der Waals surface area contributed by atoms with Gasteiger partial charge in [-0.2, -0.15) is 130 Å². The van der Waals surface area contributed by atoms with E-state index < -0.39 is 93.8 Å². The van der Waals surface area contributed by atoms with Gasteiger partial charge >= 0.3 is 93.8 Å². The van der Waals surface area contributed by atoms with E-state index in [1.165, 1.54) is 0 Å². The molecule has 0 rings (SSSR count). The van der Waals surface area contributed by atoms with E-state index in [0.717, 1.165) is 0 Å². The minimum Gasteiger partial charge on any atom is -0.279 e. The summed E-state index contributed by atoms with van der Waals surface area (Å²) >= 11 is 0. The monoisotopic (exact) mass is 1080 g/mol. The number of hydrogen-bond acceptors (Lipinski definition) is 12. The fourth-order valence-corrected chi connectivity index (χ4v) is 0. The molecule has 0 aromatic carbocycles. The summed E-state index contributed by atoms with van der Waals surface area (Å²) in [6.45, 7) is 0. The van der Waals surface area contributed by atoms with Crippen LogP contribution in [-0.2, 0) is 81.8 Å². The Balaban J connectivity index is -0.0000000860. The van der Waals surface area contributed by atoms with E-state index >= 15 is 0 Å². The number of alkyl halides is 18. The van der Waals surface area contributed by atoms with Crippen LogP contribution >= 0.6 is 0 Å². The van der Waals surface area contributed by atoms with Crippen molar-refractivity contribution in [3.63, 3.8) is 0 Å². The molecule has 0 aliphatic heterocycles. The third kappa shape index (κ3) is 33.8. The van der Waals surface area contributed by atoms with Crippen LogP contribution in [0.4, 0.5) is 79.0 Å². The van der Waals surface area contributed by atoms with E-state index in [-0.39, 0.29) is 21.1 Å². The molecule has 0 amide bonds. The third-order valence-corrected chi connectivity index (χ3v) is 5.26. The SMILES string of the molecule is O=S(=O)(O)C(F)(F)F.O=S(=O)(O)C(F)(F)F.O=S(=O)(O)C(F)(F)F.O=S(=O)(O)C(F)(F)F.O=S(=O)(O)C(F)(F)F.O=S(=O)(O)C(F)(F)F.[W]. The Bertz CT molecular complexity index is 1310. The zero-order chi connectivity index (χ0) is 42.0. The van der Waals surface area contributed by atoms with Crippen molar-refractivity contribution >= 4 is 60.7 Å². The van der Waals surface area contributed by atoms with Crippen LogP contribution < -0.4 is 0 Å². The number of hydrogen-bond donors (Lipinski definition) is 6. The standard InChI is InChI=1S/6CHF3O3S.W/c6*2-1(3,4)8(5,6)7;/h6*(H,5,6,7);. The van der Waals surface area contributed by atoms with Crippen LogP contribution in [0, 0.1) is 0 Å².